The monoisotopic (exact) mass is 306 g/mol. The van der Waals surface area contributed by atoms with Gasteiger partial charge in [-0.2, -0.15) is 0 Å². The van der Waals surface area contributed by atoms with E-state index in [-0.39, 0.29) is 11.9 Å². The van der Waals surface area contributed by atoms with Gasteiger partial charge in [-0.1, -0.05) is 36.4 Å². The average Bonchev–Trinajstić information content (AvgIpc) is 3.22. The molecule has 5 heteroatoms. The number of hydrogen-bond acceptors (Lipinski definition) is 3. The summed E-state index contributed by atoms with van der Waals surface area (Å²) in [5.74, 6) is 1.02. The fourth-order valence-electron chi connectivity index (χ4n) is 3.29. The van der Waals surface area contributed by atoms with Gasteiger partial charge in [0, 0.05) is 12.7 Å². The van der Waals surface area contributed by atoms with E-state index in [1.54, 1.807) is 0 Å². The van der Waals surface area contributed by atoms with Gasteiger partial charge in [0.1, 0.15) is 0 Å². The molecule has 0 aliphatic carbocycles. The Hall–Kier alpha value is -2.69. The van der Waals surface area contributed by atoms with Crippen LogP contribution in [-0.2, 0) is 11.2 Å². The van der Waals surface area contributed by atoms with Gasteiger partial charge in [0.2, 0.25) is 5.91 Å². The Balaban J connectivity index is 1.60. The predicted molar refractivity (Wildman–Crippen MR) is 86.8 cm³/mol. The summed E-state index contributed by atoms with van der Waals surface area (Å²) in [6.07, 6.45) is 4.35. The molecule has 1 aliphatic heterocycles. The van der Waals surface area contributed by atoms with E-state index >= 15 is 0 Å². The molecule has 1 saturated heterocycles. The van der Waals surface area contributed by atoms with Gasteiger partial charge in [-0.05, 0) is 30.5 Å². The molecule has 1 aromatic carbocycles. The molecular formula is C18H18N4O. The summed E-state index contributed by atoms with van der Waals surface area (Å²) in [7, 11) is 0. The van der Waals surface area contributed by atoms with E-state index in [0.717, 1.165) is 36.4 Å². The number of carbonyl (C=O) groups excluding carboxylic acids is 1. The van der Waals surface area contributed by atoms with E-state index in [1.165, 1.54) is 0 Å². The summed E-state index contributed by atoms with van der Waals surface area (Å²) in [5.41, 5.74) is 1.87. The van der Waals surface area contributed by atoms with Gasteiger partial charge in [0.25, 0.3) is 0 Å². The van der Waals surface area contributed by atoms with Crippen LogP contribution in [0.2, 0.25) is 0 Å². The third kappa shape index (κ3) is 2.59. The van der Waals surface area contributed by atoms with Crippen molar-refractivity contribution in [2.75, 3.05) is 6.54 Å². The minimum atomic E-state index is 0.0172. The zero-order chi connectivity index (χ0) is 15.6. The number of aromatic nitrogens is 3. The third-order valence-electron chi connectivity index (χ3n) is 4.41. The third-order valence-corrected chi connectivity index (χ3v) is 4.41. The van der Waals surface area contributed by atoms with E-state index in [4.69, 9.17) is 0 Å². The Morgan fingerprint density at radius 2 is 1.91 bits per heavy atom. The molecule has 1 fully saturated rings. The second-order valence-electron chi connectivity index (χ2n) is 5.89. The van der Waals surface area contributed by atoms with Crippen molar-refractivity contribution in [3.05, 3.63) is 66.1 Å². The van der Waals surface area contributed by atoms with E-state index < -0.39 is 0 Å². The largest absolute Gasteiger partial charge is 0.332 e. The SMILES string of the molecule is O=C(Cc1ccccc1)N1CCCC1c1nnc2ccccn12. The lowest BCUT2D eigenvalue weighted by molar-refractivity contribution is -0.131. The van der Waals surface area contributed by atoms with Crippen molar-refractivity contribution in [1.82, 2.24) is 19.5 Å². The van der Waals surface area contributed by atoms with Gasteiger partial charge in [0.15, 0.2) is 11.5 Å². The van der Waals surface area contributed by atoms with Crippen molar-refractivity contribution in [3.8, 4) is 0 Å². The number of carbonyl (C=O) groups is 1. The van der Waals surface area contributed by atoms with Gasteiger partial charge in [-0.15, -0.1) is 10.2 Å². The van der Waals surface area contributed by atoms with Gasteiger partial charge in [-0.25, -0.2) is 0 Å². The Bertz CT molecular complexity index is 827. The smallest absolute Gasteiger partial charge is 0.227 e. The Morgan fingerprint density at radius 3 is 2.78 bits per heavy atom. The van der Waals surface area contributed by atoms with Gasteiger partial charge in [0.05, 0.1) is 12.5 Å². The molecule has 0 N–H and O–H groups in total. The molecule has 1 atom stereocenters. The molecule has 0 bridgehead atoms. The zero-order valence-corrected chi connectivity index (χ0v) is 12.8. The van der Waals surface area contributed by atoms with Crippen LogP contribution < -0.4 is 0 Å². The number of likely N-dealkylation sites (tertiary alicyclic amines) is 1. The summed E-state index contributed by atoms with van der Waals surface area (Å²) in [6, 6.07) is 15.8. The molecule has 1 amide bonds. The molecule has 116 valence electrons. The van der Waals surface area contributed by atoms with Crippen LogP contribution in [0.5, 0.6) is 0 Å². The minimum absolute atomic E-state index is 0.0172. The van der Waals surface area contributed by atoms with Gasteiger partial charge < -0.3 is 4.90 Å². The Kier molecular flexibility index (Phi) is 3.54. The molecule has 1 unspecified atom stereocenters. The molecule has 2 aromatic heterocycles. The lowest BCUT2D eigenvalue weighted by Gasteiger charge is -2.23. The topological polar surface area (TPSA) is 50.5 Å². The molecule has 0 radical (unpaired) electrons. The van der Waals surface area contributed by atoms with Crippen LogP contribution in [0.4, 0.5) is 0 Å². The van der Waals surface area contributed by atoms with Crippen LogP contribution in [0.25, 0.3) is 5.65 Å². The number of pyridine rings is 1. The summed E-state index contributed by atoms with van der Waals surface area (Å²) in [6.45, 7) is 0.790. The van der Waals surface area contributed by atoms with Crippen LogP contribution in [0.1, 0.15) is 30.3 Å². The molecule has 1 aliphatic rings. The summed E-state index contributed by atoms with van der Waals surface area (Å²) in [5, 5.41) is 8.55. The molecule has 3 heterocycles. The van der Waals surface area contributed by atoms with Gasteiger partial charge >= 0.3 is 0 Å². The fraction of sp³-hybridized carbons (Fsp3) is 0.278. The number of nitrogens with zero attached hydrogens (tertiary/aromatic N) is 4. The highest BCUT2D eigenvalue weighted by atomic mass is 16.2. The van der Waals surface area contributed by atoms with Crippen LogP contribution in [0.15, 0.2) is 54.7 Å². The first kappa shape index (κ1) is 13.9. The highest BCUT2D eigenvalue weighted by molar-refractivity contribution is 5.79. The van der Waals surface area contributed by atoms with Crippen molar-refractivity contribution < 1.29 is 4.79 Å². The molecule has 23 heavy (non-hydrogen) atoms. The summed E-state index contributed by atoms with van der Waals surface area (Å²) in [4.78, 5) is 14.7. The van der Waals surface area contributed by atoms with Crippen molar-refractivity contribution in [1.29, 1.82) is 0 Å². The Labute approximate surface area is 134 Å². The maximum Gasteiger partial charge on any atom is 0.227 e. The number of hydrogen-bond donors (Lipinski definition) is 0. The average molecular weight is 306 g/mol. The molecule has 0 saturated carbocycles. The number of benzene rings is 1. The van der Waals surface area contributed by atoms with Gasteiger partial charge in [-0.3, -0.25) is 9.20 Å². The summed E-state index contributed by atoms with van der Waals surface area (Å²) < 4.78 is 1.98. The van der Waals surface area contributed by atoms with Crippen molar-refractivity contribution >= 4 is 11.6 Å². The summed E-state index contributed by atoms with van der Waals surface area (Å²) >= 11 is 0. The van der Waals surface area contributed by atoms with Crippen LogP contribution in [-0.4, -0.2) is 31.9 Å². The molecule has 4 rings (SSSR count). The lowest BCUT2D eigenvalue weighted by Crippen LogP contribution is -2.32. The van der Waals surface area contributed by atoms with E-state index in [0.29, 0.717) is 6.42 Å². The van der Waals surface area contributed by atoms with Crippen LogP contribution in [0.3, 0.4) is 0 Å². The van der Waals surface area contributed by atoms with E-state index in [9.17, 15) is 4.79 Å². The van der Waals surface area contributed by atoms with Crippen LogP contribution >= 0.6 is 0 Å². The van der Waals surface area contributed by atoms with E-state index in [2.05, 4.69) is 10.2 Å². The second kappa shape index (κ2) is 5.83. The predicted octanol–water partition coefficient (Wildman–Crippen LogP) is 2.64. The Morgan fingerprint density at radius 1 is 1.09 bits per heavy atom. The number of fused-ring (bicyclic) bond motifs is 1. The lowest BCUT2D eigenvalue weighted by atomic mass is 10.1. The first-order valence-electron chi connectivity index (χ1n) is 7.96. The fourth-order valence-corrected chi connectivity index (χ4v) is 3.29. The maximum absolute atomic E-state index is 12.7. The van der Waals surface area contributed by atoms with E-state index in [1.807, 2.05) is 64.0 Å². The van der Waals surface area contributed by atoms with Crippen molar-refractivity contribution in [3.63, 3.8) is 0 Å². The number of rotatable bonds is 3. The zero-order valence-electron chi connectivity index (χ0n) is 12.8. The van der Waals surface area contributed by atoms with Crippen molar-refractivity contribution in [2.24, 2.45) is 0 Å². The quantitative estimate of drug-likeness (QED) is 0.747. The number of amides is 1. The highest BCUT2D eigenvalue weighted by Gasteiger charge is 2.32. The van der Waals surface area contributed by atoms with Crippen molar-refractivity contribution in [2.45, 2.75) is 25.3 Å². The maximum atomic E-state index is 12.7. The van der Waals surface area contributed by atoms with Crippen LogP contribution in [0, 0.1) is 0 Å². The minimum Gasteiger partial charge on any atom is -0.332 e. The molecule has 0 spiro atoms. The first-order valence-corrected chi connectivity index (χ1v) is 7.96. The normalized spacial score (nSPS) is 17.7. The molecule has 5 nitrogen and oxygen atoms in total. The highest BCUT2D eigenvalue weighted by Crippen LogP contribution is 2.31. The first-order chi connectivity index (χ1) is 11.3. The second-order valence-corrected chi connectivity index (χ2v) is 5.89. The standard InChI is InChI=1S/C18H18N4O/c23-17(13-14-7-2-1-3-8-14)21-12-6-9-15(21)18-20-19-16-10-4-5-11-22(16)18/h1-5,7-8,10-11,15H,6,9,12-13H2. The molecule has 3 aromatic rings. The molecular weight excluding hydrogens is 288 g/mol.